The van der Waals surface area contributed by atoms with Gasteiger partial charge in [-0.1, -0.05) is 6.07 Å². The molecule has 104 valence electrons. The van der Waals surface area contributed by atoms with Crippen LogP contribution in [0.5, 0.6) is 5.75 Å². The SMILES string of the molecule is NCc1ccc2c(c1)OCCN2CCN1CCCC1. The molecule has 0 aromatic heterocycles. The average molecular weight is 261 g/mol. The van der Waals surface area contributed by atoms with Crippen LogP contribution in [0.1, 0.15) is 18.4 Å². The van der Waals surface area contributed by atoms with Crippen LogP contribution in [0.15, 0.2) is 18.2 Å². The summed E-state index contributed by atoms with van der Waals surface area (Å²) in [6, 6.07) is 6.34. The molecule has 2 aliphatic rings. The van der Waals surface area contributed by atoms with Crippen molar-refractivity contribution in [2.45, 2.75) is 19.4 Å². The molecule has 2 heterocycles. The van der Waals surface area contributed by atoms with Gasteiger partial charge < -0.3 is 20.3 Å². The van der Waals surface area contributed by atoms with Gasteiger partial charge in [-0.2, -0.15) is 0 Å². The number of hydrogen-bond donors (Lipinski definition) is 1. The van der Waals surface area contributed by atoms with Gasteiger partial charge in [-0.25, -0.2) is 0 Å². The predicted octanol–water partition coefficient (Wildman–Crippen LogP) is 1.44. The summed E-state index contributed by atoms with van der Waals surface area (Å²) in [5, 5.41) is 0. The lowest BCUT2D eigenvalue weighted by molar-refractivity contribution is 0.296. The van der Waals surface area contributed by atoms with Crippen LogP contribution < -0.4 is 15.4 Å². The Balaban J connectivity index is 1.67. The molecular weight excluding hydrogens is 238 g/mol. The molecule has 0 bridgehead atoms. The zero-order valence-corrected chi connectivity index (χ0v) is 11.5. The molecule has 0 spiro atoms. The van der Waals surface area contributed by atoms with Gasteiger partial charge in [-0.05, 0) is 43.6 Å². The van der Waals surface area contributed by atoms with Crippen molar-refractivity contribution in [2.24, 2.45) is 5.73 Å². The van der Waals surface area contributed by atoms with Crippen molar-refractivity contribution in [3.63, 3.8) is 0 Å². The zero-order valence-electron chi connectivity index (χ0n) is 11.5. The summed E-state index contributed by atoms with van der Waals surface area (Å²) < 4.78 is 5.76. The molecule has 3 rings (SSSR count). The van der Waals surface area contributed by atoms with Crippen LogP contribution in [0, 0.1) is 0 Å². The molecule has 0 radical (unpaired) electrons. The minimum absolute atomic E-state index is 0.574. The van der Waals surface area contributed by atoms with Crippen LogP contribution in [-0.2, 0) is 6.54 Å². The molecule has 1 aromatic carbocycles. The van der Waals surface area contributed by atoms with Gasteiger partial charge >= 0.3 is 0 Å². The van der Waals surface area contributed by atoms with Crippen molar-refractivity contribution >= 4 is 5.69 Å². The molecular formula is C15H23N3O. The number of ether oxygens (including phenoxy) is 1. The lowest BCUT2D eigenvalue weighted by Gasteiger charge is -2.32. The largest absolute Gasteiger partial charge is 0.490 e. The monoisotopic (exact) mass is 261 g/mol. The molecule has 4 heteroatoms. The van der Waals surface area contributed by atoms with Crippen LogP contribution in [0.25, 0.3) is 0 Å². The molecule has 0 aliphatic carbocycles. The van der Waals surface area contributed by atoms with Crippen molar-refractivity contribution in [3.05, 3.63) is 23.8 Å². The van der Waals surface area contributed by atoms with Crippen molar-refractivity contribution in [2.75, 3.05) is 44.2 Å². The molecule has 0 atom stereocenters. The fourth-order valence-electron chi connectivity index (χ4n) is 2.95. The summed E-state index contributed by atoms with van der Waals surface area (Å²) in [5.74, 6) is 0.996. The Morgan fingerprint density at radius 2 is 1.95 bits per heavy atom. The first-order valence-electron chi connectivity index (χ1n) is 7.30. The topological polar surface area (TPSA) is 41.7 Å². The lowest BCUT2D eigenvalue weighted by atomic mass is 10.1. The van der Waals surface area contributed by atoms with E-state index >= 15 is 0 Å². The fourth-order valence-corrected chi connectivity index (χ4v) is 2.95. The summed E-state index contributed by atoms with van der Waals surface area (Å²) in [4.78, 5) is 5.00. The number of hydrogen-bond acceptors (Lipinski definition) is 4. The second kappa shape index (κ2) is 5.80. The number of likely N-dealkylation sites (tertiary alicyclic amines) is 1. The van der Waals surface area contributed by atoms with E-state index in [1.807, 2.05) is 0 Å². The minimum atomic E-state index is 0.574. The van der Waals surface area contributed by atoms with E-state index in [1.165, 1.54) is 31.6 Å². The molecule has 1 aromatic rings. The highest BCUT2D eigenvalue weighted by Crippen LogP contribution is 2.32. The van der Waals surface area contributed by atoms with Crippen LogP contribution >= 0.6 is 0 Å². The second-order valence-electron chi connectivity index (χ2n) is 5.39. The maximum atomic E-state index is 5.76. The van der Waals surface area contributed by atoms with Gasteiger partial charge in [0.15, 0.2) is 0 Å². The number of rotatable bonds is 4. The van der Waals surface area contributed by atoms with E-state index < -0.39 is 0 Å². The predicted molar refractivity (Wildman–Crippen MR) is 77.7 cm³/mol. The van der Waals surface area contributed by atoms with Crippen molar-refractivity contribution in [3.8, 4) is 5.75 Å². The van der Waals surface area contributed by atoms with Crippen molar-refractivity contribution < 1.29 is 4.74 Å². The smallest absolute Gasteiger partial charge is 0.143 e. The molecule has 2 N–H and O–H groups in total. The summed E-state index contributed by atoms with van der Waals surface area (Å²) in [5.41, 5.74) is 8.05. The Hall–Kier alpha value is -1.26. The third-order valence-corrected chi connectivity index (χ3v) is 4.10. The van der Waals surface area contributed by atoms with E-state index in [4.69, 9.17) is 10.5 Å². The van der Waals surface area contributed by atoms with E-state index in [0.717, 1.165) is 37.6 Å². The first-order chi connectivity index (χ1) is 9.36. The van der Waals surface area contributed by atoms with Crippen LogP contribution in [0.2, 0.25) is 0 Å². The molecule has 1 saturated heterocycles. The van der Waals surface area contributed by atoms with Crippen molar-refractivity contribution in [1.29, 1.82) is 0 Å². The third-order valence-electron chi connectivity index (χ3n) is 4.10. The van der Waals surface area contributed by atoms with Crippen LogP contribution in [0.4, 0.5) is 5.69 Å². The number of nitrogens with two attached hydrogens (primary N) is 1. The highest BCUT2D eigenvalue weighted by atomic mass is 16.5. The van der Waals surface area contributed by atoms with Gasteiger partial charge in [0.2, 0.25) is 0 Å². The van der Waals surface area contributed by atoms with E-state index in [-0.39, 0.29) is 0 Å². The number of anilines is 1. The first-order valence-corrected chi connectivity index (χ1v) is 7.30. The fraction of sp³-hybridized carbons (Fsp3) is 0.600. The quantitative estimate of drug-likeness (QED) is 0.890. The van der Waals surface area contributed by atoms with E-state index in [9.17, 15) is 0 Å². The van der Waals surface area contributed by atoms with Gasteiger partial charge in [0, 0.05) is 19.6 Å². The van der Waals surface area contributed by atoms with Crippen LogP contribution in [0.3, 0.4) is 0 Å². The third kappa shape index (κ3) is 2.85. The summed E-state index contributed by atoms with van der Waals surface area (Å²) in [6.07, 6.45) is 2.72. The first kappa shape index (κ1) is 12.8. The summed E-state index contributed by atoms with van der Waals surface area (Å²) in [6.45, 7) is 7.14. The number of nitrogens with zero attached hydrogens (tertiary/aromatic N) is 2. The van der Waals surface area contributed by atoms with Gasteiger partial charge in [-0.3, -0.25) is 0 Å². The molecule has 0 amide bonds. The van der Waals surface area contributed by atoms with Gasteiger partial charge in [0.1, 0.15) is 12.4 Å². The maximum Gasteiger partial charge on any atom is 0.143 e. The standard InChI is InChI=1S/C15H23N3O/c16-12-13-3-4-14-15(11-13)19-10-9-18(14)8-7-17-5-1-2-6-17/h3-4,11H,1-2,5-10,12,16H2. The van der Waals surface area contributed by atoms with Gasteiger partial charge in [0.05, 0.1) is 12.2 Å². The minimum Gasteiger partial charge on any atom is -0.490 e. The average Bonchev–Trinajstić information content (AvgIpc) is 2.97. The van der Waals surface area contributed by atoms with Crippen LogP contribution in [-0.4, -0.2) is 44.2 Å². The Morgan fingerprint density at radius 1 is 1.11 bits per heavy atom. The number of benzene rings is 1. The Bertz CT molecular complexity index is 429. The number of fused-ring (bicyclic) bond motifs is 1. The normalized spacial score (nSPS) is 19.3. The molecule has 1 fully saturated rings. The molecule has 0 saturated carbocycles. The molecule has 2 aliphatic heterocycles. The highest BCUT2D eigenvalue weighted by Gasteiger charge is 2.19. The lowest BCUT2D eigenvalue weighted by Crippen LogP contribution is -2.38. The second-order valence-corrected chi connectivity index (χ2v) is 5.39. The van der Waals surface area contributed by atoms with Gasteiger partial charge in [0.25, 0.3) is 0 Å². The molecule has 4 nitrogen and oxygen atoms in total. The molecule has 0 unspecified atom stereocenters. The van der Waals surface area contributed by atoms with E-state index in [1.54, 1.807) is 0 Å². The Morgan fingerprint density at radius 3 is 2.74 bits per heavy atom. The summed E-state index contributed by atoms with van der Waals surface area (Å²) >= 11 is 0. The van der Waals surface area contributed by atoms with E-state index in [0.29, 0.717) is 6.54 Å². The summed E-state index contributed by atoms with van der Waals surface area (Å²) in [7, 11) is 0. The van der Waals surface area contributed by atoms with E-state index in [2.05, 4.69) is 28.0 Å². The highest BCUT2D eigenvalue weighted by molar-refractivity contribution is 5.61. The van der Waals surface area contributed by atoms with Crippen molar-refractivity contribution in [1.82, 2.24) is 4.90 Å². The van der Waals surface area contributed by atoms with Gasteiger partial charge in [-0.15, -0.1) is 0 Å². The zero-order chi connectivity index (χ0) is 13.1. The maximum absolute atomic E-state index is 5.76. The Kier molecular flexibility index (Phi) is 3.89. The Labute approximate surface area is 115 Å². The molecule has 19 heavy (non-hydrogen) atoms.